The molecule has 0 aromatic heterocycles. The Kier molecular flexibility index (Phi) is 42.0. The summed E-state index contributed by atoms with van der Waals surface area (Å²) in [5.74, 6) is -0.192. The number of amides is 1. The van der Waals surface area contributed by atoms with Crippen LogP contribution in [0, 0.1) is 0 Å². The number of hydrogen-bond acceptors (Lipinski definition) is 6. The third-order valence-electron chi connectivity index (χ3n) is 11.7. The summed E-state index contributed by atoms with van der Waals surface area (Å²) in [6.07, 6.45) is 49.7. The van der Waals surface area contributed by atoms with Crippen molar-refractivity contribution in [3.63, 3.8) is 0 Å². The van der Waals surface area contributed by atoms with Gasteiger partial charge in [0.1, 0.15) is 13.2 Å². The summed E-state index contributed by atoms with van der Waals surface area (Å²) >= 11 is 0. The van der Waals surface area contributed by atoms with Crippen molar-refractivity contribution >= 4 is 13.7 Å². The number of allylic oxidation sites excluding steroid dienone is 1. The van der Waals surface area contributed by atoms with Gasteiger partial charge in [0.05, 0.1) is 39.9 Å². The van der Waals surface area contributed by atoms with Crippen LogP contribution < -0.4 is 10.2 Å². The summed E-state index contributed by atoms with van der Waals surface area (Å²) < 4.78 is 23.3. The SMILES string of the molecule is CCCCCCCCCCCCCCCCCCC/C=C/C(O)C(COP(=O)([O-])OCC[N+](C)(C)C)NC(=O)CCCCCCCCCCCCCCCCCCCC. The Bertz CT molecular complexity index is 974. The molecule has 0 fully saturated rings. The largest absolute Gasteiger partial charge is 0.756 e. The Morgan fingerprint density at radius 1 is 0.576 bits per heavy atom. The second kappa shape index (κ2) is 42.5. The van der Waals surface area contributed by atoms with E-state index in [-0.39, 0.29) is 19.1 Å². The van der Waals surface area contributed by atoms with Crippen molar-refractivity contribution in [1.29, 1.82) is 0 Å². The van der Waals surface area contributed by atoms with Crippen molar-refractivity contribution in [2.45, 2.75) is 264 Å². The number of aliphatic hydroxyl groups excluding tert-OH is 1. The van der Waals surface area contributed by atoms with Gasteiger partial charge in [-0.15, -0.1) is 0 Å². The lowest BCUT2D eigenvalue weighted by molar-refractivity contribution is -0.870. The fourth-order valence-corrected chi connectivity index (χ4v) is 8.41. The first-order chi connectivity index (χ1) is 28.5. The van der Waals surface area contributed by atoms with Crippen molar-refractivity contribution in [1.82, 2.24) is 5.32 Å². The predicted octanol–water partition coefficient (Wildman–Crippen LogP) is 14.1. The molecule has 3 unspecified atom stereocenters. The maximum absolute atomic E-state index is 12.9. The van der Waals surface area contributed by atoms with E-state index in [0.29, 0.717) is 17.4 Å². The quantitative estimate of drug-likeness (QED) is 0.0273. The first kappa shape index (κ1) is 58.2. The Hall–Kier alpha value is -0.760. The van der Waals surface area contributed by atoms with Gasteiger partial charge in [-0.25, -0.2) is 0 Å². The lowest BCUT2D eigenvalue weighted by atomic mass is 10.0. The lowest BCUT2D eigenvalue weighted by Gasteiger charge is -2.29. The van der Waals surface area contributed by atoms with E-state index in [9.17, 15) is 19.4 Å². The molecule has 3 atom stereocenters. The summed E-state index contributed by atoms with van der Waals surface area (Å²) in [6.45, 7) is 4.68. The highest BCUT2D eigenvalue weighted by Crippen LogP contribution is 2.38. The number of hydrogen-bond donors (Lipinski definition) is 2. The average molecular weight is 857 g/mol. The van der Waals surface area contributed by atoms with E-state index in [1.54, 1.807) is 6.08 Å². The highest BCUT2D eigenvalue weighted by Gasteiger charge is 2.23. The molecule has 0 aliphatic rings. The van der Waals surface area contributed by atoms with E-state index < -0.39 is 20.0 Å². The van der Waals surface area contributed by atoms with E-state index >= 15 is 0 Å². The van der Waals surface area contributed by atoms with Crippen LogP contribution in [-0.4, -0.2) is 68.5 Å². The fraction of sp³-hybridized carbons (Fsp3) is 0.940. The average Bonchev–Trinajstić information content (AvgIpc) is 3.19. The maximum atomic E-state index is 12.9. The fourth-order valence-electron chi connectivity index (χ4n) is 7.68. The normalized spacial score (nSPS) is 14.2. The number of likely N-dealkylation sites (N-methyl/N-ethyl adjacent to an activating group) is 1. The molecule has 0 saturated carbocycles. The zero-order chi connectivity index (χ0) is 43.6. The predicted molar refractivity (Wildman–Crippen MR) is 252 cm³/mol. The Labute approximate surface area is 367 Å². The van der Waals surface area contributed by atoms with Crippen molar-refractivity contribution < 1.29 is 32.9 Å². The monoisotopic (exact) mass is 857 g/mol. The van der Waals surface area contributed by atoms with Crippen LogP contribution in [0.25, 0.3) is 0 Å². The van der Waals surface area contributed by atoms with Gasteiger partial charge in [0.25, 0.3) is 7.82 Å². The summed E-state index contributed by atoms with van der Waals surface area (Å²) in [6, 6.07) is -0.880. The van der Waals surface area contributed by atoms with Gasteiger partial charge in [-0.05, 0) is 19.3 Å². The van der Waals surface area contributed by atoms with E-state index in [1.807, 2.05) is 27.2 Å². The van der Waals surface area contributed by atoms with Crippen LogP contribution in [0.3, 0.4) is 0 Å². The summed E-state index contributed by atoms with van der Waals surface area (Å²) in [5.41, 5.74) is 0. The van der Waals surface area contributed by atoms with Crippen molar-refractivity contribution in [3.05, 3.63) is 12.2 Å². The van der Waals surface area contributed by atoms with Gasteiger partial charge in [-0.3, -0.25) is 9.36 Å². The third-order valence-corrected chi connectivity index (χ3v) is 12.7. The second-order valence-corrected chi connectivity index (χ2v) is 20.3. The highest BCUT2D eigenvalue weighted by atomic mass is 31.2. The first-order valence-corrected chi connectivity index (χ1v) is 27.0. The third kappa shape index (κ3) is 45.1. The minimum absolute atomic E-state index is 0.00245. The first-order valence-electron chi connectivity index (χ1n) is 25.6. The molecular weight excluding hydrogens is 756 g/mol. The molecule has 0 rings (SSSR count). The van der Waals surface area contributed by atoms with Crippen molar-refractivity contribution in [3.8, 4) is 0 Å². The van der Waals surface area contributed by atoms with Crippen LogP contribution in [0.1, 0.15) is 251 Å². The molecule has 0 aliphatic carbocycles. The van der Waals surface area contributed by atoms with E-state index in [1.165, 1.54) is 193 Å². The van der Waals surface area contributed by atoms with E-state index in [2.05, 4.69) is 19.2 Å². The van der Waals surface area contributed by atoms with Gasteiger partial charge < -0.3 is 28.8 Å². The van der Waals surface area contributed by atoms with Crippen LogP contribution in [0.2, 0.25) is 0 Å². The topological polar surface area (TPSA) is 108 Å². The van der Waals surface area contributed by atoms with Crippen LogP contribution in [0.15, 0.2) is 12.2 Å². The van der Waals surface area contributed by atoms with E-state index in [0.717, 1.165) is 38.5 Å². The second-order valence-electron chi connectivity index (χ2n) is 18.9. The molecule has 0 spiro atoms. The molecule has 0 aromatic carbocycles. The molecule has 2 N–H and O–H groups in total. The molecule has 0 aliphatic heterocycles. The number of nitrogens with zero attached hydrogens (tertiary/aromatic N) is 1. The van der Waals surface area contributed by atoms with Crippen molar-refractivity contribution in [2.24, 2.45) is 0 Å². The van der Waals surface area contributed by atoms with Gasteiger partial charge in [0.2, 0.25) is 5.91 Å². The maximum Gasteiger partial charge on any atom is 0.268 e. The molecule has 0 heterocycles. The molecular formula is C50H101N2O6P. The summed E-state index contributed by atoms with van der Waals surface area (Å²) in [7, 11) is 1.27. The summed E-state index contributed by atoms with van der Waals surface area (Å²) in [4.78, 5) is 25.4. The van der Waals surface area contributed by atoms with Crippen molar-refractivity contribution in [2.75, 3.05) is 40.9 Å². The lowest BCUT2D eigenvalue weighted by Crippen LogP contribution is -2.45. The summed E-state index contributed by atoms with van der Waals surface area (Å²) in [5, 5.41) is 13.8. The molecule has 352 valence electrons. The van der Waals surface area contributed by atoms with Gasteiger partial charge >= 0.3 is 0 Å². The van der Waals surface area contributed by atoms with E-state index in [4.69, 9.17) is 9.05 Å². The molecule has 59 heavy (non-hydrogen) atoms. The van der Waals surface area contributed by atoms with Crippen LogP contribution >= 0.6 is 7.82 Å². The molecule has 0 aromatic rings. The molecule has 0 bridgehead atoms. The number of phosphoric ester groups is 1. The minimum Gasteiger partial charge on any atom is -0.756 e. The number of nitrogens with one attached hydrogen (secondary N) is 1. The van der Waals surface area contributed by atoms with Gasteiger partial charge in [0, 0.05) is 6.42 Å². The van der Waals surface area contributed by atoms with Gasteiger partial charge in [-0.1, -0.05) is 238 Å². The smallest absolute Gasteiger partial charge is 0.268 e. The number of unbranched alkanes of at least 4 members (excludes halogenated alkanes) is 34. The Balaban J connectivity index is 4.29. The zero-order valence-electron chi connectivity index (χ0n) is 40.0. The minimum atomic E-state index is -4.59. The molecule has 8 nitrogen and oxygen atoms in total. The number of carbonyl (C=O) groups is 1. The highest BCUT2D eigenvalue weighted by molar-refractivity contribution is 7.45. The molecule has 9 heteroatoms. The molecule has 0 radical (unpaired) electrons. The molecule has 0 saturated heterocycles. The number of rotatable bonds is 47. The van der Waals surface area contributed by atoms with Gasteiger partial charge in [-0.2, -0.15) is 0 Å². The van der Waals surface area contributed by atoms with Gasteiger partial charge in [0.15, 0.2) is 0 Å². The number of quaternary nitrogens is 1. The standard InChI is InChI=1S/C50H101N2O6P/c1-6-8-10-12-14-16-18-20-22-24-26-27-29-31-33-35-37-39-41-43-49(53)48(47-58-59(55,56)57-46-45-52(3,4)5)51-50(54)44-42-40-38-36-34-32-30-28-25-23-21-19-17-15-13-11-9-7-2/h41,43,48-49,53H,6-40,42,44-47H2,1-5H3,(H-,51,54,55,56)/b43-41+. The van der Waals surface area contributed by atoms with Crippen LogP contribution in [0.5, 0.6) is 0 Å². The number of phosphoric acid groups is 1. The molecule has 1 amide bonds. The Morgan fingerprint density at radius 3 is 1.27 bits per heavy atom. The number of aliphatic hydroxyl groups is 1. The Morgan fingerprint density at radius 2 is 0.915 bits per heavy atom. The zero-order valence-corrected chi connectivity index (χ0v) is 40.9. The number of carbonyl (C=O) groups excluding carboxylic acids is 1. The van der Waals surface area contributed by atoms with Crippen LogP contribution in [0.4, 0.5) is 0 Å². The van der Waals surface area contributed by atoms with Crippen LogP contribution in [-0.2, 0) is 18.4 Å².